The van der Waals surface area contributed by atoms with E-state index >= 15 is 0 Å². The molecule has 0 bridgehead atoms. The van der Waals surface area contributed by atoms with Crippen molar-refractivity contribution in [1.82, 2.24) is 0 Å². The summed E-state index contributed by atoms with van der Waals surface area (Å²) in [4.78, 5) is -1.80. The largest absolute Gasteiger partial charge is 0.416 e. The van der Waals surface area contributed by atoms with Gasteiger partial charge in [-0.25, -0.2) is 8.42 Å². The Morgan fingerprint density at radius 3 is 2.50 bits per heavy atom. The Hall–Kier alpha value is -1.08. The normalized spacial score (nSPS) is 24.6. The Kier molecular flexibility index (Phi) is 3.85. The first-order chi connectivity index (χ1) is 9.17. The lowest BCUT2D eigenvalue weighted by Crippen LogP contribution is -2.41. The molecule has 0 aliphatic carbocycles. The first-order valence-corrected chi connectivity index (χ1v) is 7.71. The minimum atomic E-state index is -4.57. The second-order valence-corrected chi connectivity index (χ2v) is 7.31. The molecule has 1 aliphatic heterocycles. The molecule has 112 valence electrons. The van der Waals surface area contributed by atoms with E-state index in [-0.39, 0.29) is 11.3 Å². The van der Waals surface area contributed by atoms with Crippen molar-refractivity contribution >= 4 is 9.84 Å². The highest BCUT2D eigenvalue weighted by molar-refractivity contribution is 7.92. The van der Waals surface area contributed by atoms with E-state index in [1.165, 1.54) is 13.0 Å². The maximum Gasteiger partial charge on any atom is 0.416 e. The van der Waals surface area contributed by atoms with Crippen LogP contribution < -0.4 is 0 Å². The Morgan fingerprint density at radius 1 is 1.25 bits per heavy atom. The van der Waals surface area contributed by atoms with Gasteiger partial charge in [0.05, 0.1) is 10.5 Å². The van der Waals surface area contributed by atoms with Gasteiger partial charge in [0.1, 0.15) is 0 Å². The number of hydrogen-bond acceptors (Lipinski definition) is 3. The van der Waals surface area contributed by atoms with Gasteiger partial charge >= 0.3 is 6.18 Å². The molecule has 1 fully saturated rings. The molecule has 20 heavy (non-hydrogen) atoms. The topological polar surface area (TPSA) is 43.4 Å². The maximum absolute atomic E-state index is 12.7. The molecule has 1 aromatic rings. The first kappa shape index (κ1) is 15.3. The molecule has 0 saturated carbocycles. The zero-order valence-corrected chi connectivity index (χ0v) is 11.7. The Labute approximate surface area is 115 Å². The van der Waals surface area contributed by atoms with Crippen molar-refractivity contribution in [3.8, 4) is 0 Å². The van der Waals surface area contributed by atoms with E-state index in [0.717, 1.165) is 18.6 Å². The fourth-order valence-corrected chi connectivity index (χ4v) is 3.90. The van der Waals surface area contributed by atoms with Crippen LogP contribution in [0.15, 0.2) is 29.2 Å². The lowest BCUT2D eigenvalue weighted by molar-refractivity contribution is -0.137. The van der Waals surface area contributed by atoms with Crippen LogP contribution in [0.25, 0.3) is 0 Å². The van der Waals surface area contributed by atoms with Gasteiger partial charge < -0.3 is 4.74 Å². The maximum atomic E-state index is 12.7. The SMILES string of the molecule is CC1(S(=O)(=O)c2cccc(C(F)(F)F)c2)CCCCO1. The van der Waals surface area contributed by atoms with E-state index in [0.29, 0.717) is 19.1 Å². The number of benzene rings is 1. The molecular formula is C13H15F3O3S. The van der Waals surface area contributed by atoms with Crippen LogP contribution >= 0.6 is 0 Å². The number of ether oxygens (including phenoxy) is 1. The van der Waals surface area contributed by atoms with Crippen molar-refractivity contribution in [3.63, 3.8) is 0 Å². The molecule has 1 unspecified atom stereocenters. The highest BCUT2D eigenvalue weighted by atomic mass is 32.2. The number of halogens is 3. The van der Waals surface area contributed by atoms with Crippen LogP contribution in [0.1, 0.15) is 31.7 Å². The number of alkyl halides is 3. The monoisotopic (exact) mass is 308 g/mol. The van der Waals surface area contributed by atoms with Crippen LogP contribution in [0.4, 0.5) is 13.2 Å². The summed E-state index contributed by atoms with van der Waals surface area (Å²) >= 11 is 0. The van der Waals surface area contributed by atoms with Gasteiger partial charge in [0.15, 0.2) is 4.93 Å². The van der Waals surface area contributed by atoms with Crippen molar-refractivity contribution in [1.29, 1.82) is 0 Å². The van der Waals surface area contributed by atoms with E-state index in [1.54, 1.807) is 0 Å². The molecule has 2 rings (SSSR count). The summed E-state index contributed by atoms with van der Waals surface area (Å²) in [5, 5.41) is 0. The van der Waals surface area contributed by atoms with E-state index in [9.17, 15) is 21.6 Å². The van der Waals surface area contributed by atoms with Crippen molar-refractivity contribution in [2.75, 3.05) is 6.61 Å². The summed E-state index contributed by atoms with van der Waals surface area (Å²) in [5.74, 6) is 0. The predicted octanol–water partition coefficient (Wildman–Crippen LogP) is 3.40. The lowest BCUT2D eigenvalue weighted by Gasteiger charge is -2.33. The first-order valence-electron chi connectivity index (χ1n) is 6.23. The molecule has 1 aromatic carbocycles. The van der Waals surface area contributed by atoms with Crippen LogP contribution in [0.5, 0.6) is 0 Å². The van der Waals surface area contributed by atoms with Gasteiger partial charge in [-0.1, -0.05) is 6.07 Å². The minimum absolute atomic E-state index is 0.283. The van der Waals surface area contributed by atoms with Gasteiger partial charge in [-0.15, -0.1) is 0 Å². The highest BCUT2D eigenvalue weighted by Gasteiger charge is 2.43. The van der Waals surface area contributed by atoms with Gasteiger partial charge in [-0.05, 0) is 44.4 Å². The summed E-state index contributed by atoms with van der Waals surface area (Å²) < 4.78 is 68.3. The summed E-state index contributed by atoms with van der Waals surface area (Å²) in [6.07, 6.45) is -2.85. The van der Waals surface area contributed by atoms with Crippen molar-refractivity contribution in [2.45, 2.75) is 42.2 Å². The average Bonchev–Trinajstić information content (AvgIpc) is 2.38. The Balaban J connectivity index is 2.44. The van der Waals surface area contributed by atoms with Crippen LogP contribution in [0.3, 0.4) is 0 Å². The molecule has 3 nitrogen and oxygen atoms in total. The molecule has 1 saturated heterocycles. The van der Waals surface area contributed by atoms with Crippen molar-refractivity contribution in [3.05, 3.63) is 29.8 Å². The van der Waals surface area contributed by atoms with Gasteiger partial charge in [0.2, 0.25) is 9.84 Å². The summed E-state index contributed by atoms with van der Waals surface area (Å²) in [5.41, 5.74) is -0.974. The van der Waals surface area contributed by atoms with E-state index in [4.69, 9.17) is 4.74 Å². The van der Waals surface area contributed by atoms with E-state index < -0.39 is 26.5 Å². The van der Waals surface area contributed by atoms with Crippen molar-refractivity contribution < 1.29 is 26.3 Å². The minimum Gasteiger partial charge on any atom is -0.359 e. The Morgan fingerprint density at radius 2 is 1.95 bits per heavy atom. The van der Waals surface area contributed by atoms with Crippen LogP contribution in [-0.4, -0.2) is 20.0 Å². The van der Waals surface area contributed by atoms with Gasteiger partial charge in [0, 0.05) is 6.61 Å². The van der Waals surface area contributed by atoms with Crippen molar-refractivity contribution in [2.24, 2.45) is 0 Å². The van der Waals surface area contributed by atoms with Crippen LogP contribution in [0.2, 0.25) is 0 Å². The molecule has 7 heteroatoms. The number of hydrogen-bond donors (Lipinski definition) is 0. The molecule has 0 spiro atoms. The fraction of sp³-hybridized carbons (Fsp3) is 0.538. The predicted molar refractivity (Wildman–Crippen MR) is 66.8 cm³/mol. The van der Waals surface area contributed by atoms with E-state index in [2.05, 4.69) is 0 Å². The molecular weight excluding hydrogens is 293 g/mol. The molecule has 0 radical (unpaired) electrons. The standard InChI is InChI=1S/C13H15F3O3S/c1-12(7-2-3-8-19-12)20(17,18)11-6-4-5-10(9-11)13(14,15)16/h4-6,9H,2-3,7-8H2,1H3. The third kappa shape index (κ3) is 2.69. The fourth-order valence-electron chi connectivity index (χ4n) is 2.21. The Bertz CT molecular complexity index is 587. The average molecular weight is 308 g/mol. The lowest BCUT2D eigenvalue weighted by atomic mass is 10.1. The molecule has 0 amide bonds. The second-order valence-electron chi connectivity index (χ2n) is 4.97. The zero-order valence-electron chi connectivity index (χ0n) is 10.9. The highest BCUT2D eigenvalue weighted by Crippen LogP contribution is 2.37. The third-order valence-electron chi connectivity index (χ3n) is 3.47. The second kappa shape index (κ2) is 5.04. The zero-order chi connectivity index (χ0) is 15.0. The molecule has 0 N–H and O–H groups in total. The number of sulfone groups is 1. The molecule has 1 atom stereocenters. The summed E-state index contributed by atoms with van der Waals surface area (Å²) in [6, 6.07) is 3.79. The summed E-state index contributed by atoms with van der Waals surface area (Å²) in [7, 11) is -3.97. The van der Waals surface area contributed by atoms with Crippen LogP contribution in [-0.2, 0) is 20.8 Å². The molecule has 1 aliphatic rings. The quantitative estimate of drug-likeness (QED) is 0.841. The van der Waals surface area contributed by atoms with E-state index in [1.807, 2.05) is 0 Å². The summed E-state index contributed by atoms with van der Waals surface area (Å²) in [6.45, 7) is 1.72. The van der Waals surface area contributed by atoms with Gasteiger partial charge in [0.25, 0.3) is 0 Å². The molecule has 1 heterocycles. The smallest absolute Gasteiger partial charge is 0.359 e. The van der Waals surface area contributed by atoms with Crippen LogP contribution in [0, 0.1) is 0 Å². The van der Waals surface area contributed by atoms with Gasteiger partial charge in [-0.3, -0.25) is 0 Å². The van der Waals surface area contributed by atoms with Gasteiger partial charge in [-0.2, -0.15) is 13.2 Å². The number of rotatable bonds is 2. The molecule has 0 aromatic heterocycles. The third-order valence-corrected chi connectivity index (χ3v) is 5.81.